The Morgan fingerprint density at radius 1 is 0.625 bits per heavy atom. The van der Waals surface area contributed by atoms with E-state index in [2.05, 4.69) is 48.5 Å². The van der Waals surface area contributed by atoms with Crippen LogP contribution >= 0.6 is 23.5 Å². The van der Waals surface area contributed by atoms with Crippen molar-refractivity contribution < 1.29 is 14.2 Å². The first-order valence-corrected chi connectivity index (χ1v) is 13.1. The molecular formula is C27H30O3S2. The van der Waals surface area contributed by atoms with E-state index in [1.807, 2.05) is 66.0 Å². The Balaban J connectivity index is 1.44. The lowest BCUT2D eigenvalue weighted by atomic mass is 10.2. The minimum atomic E-state index is -0.147. The molecule has 1 heterocycles. The number of ether oxygens (including phenoxy) is 3. The molecule has 1 fully saturated rings. The molecule has 2 atom stereocenters. The van der Waals surface area contributed by atoms with Crippen LogP contribution in [0.25, 0.3) is 0 Å². The van der Waals surface area contributed by atoms with E-state index in [4.69, 9.17) is 14.2 Å². The Hall–Kier alpha value is -1.76. The van der Waals surface area contributed by atoms with E-state index < -0.39 is 0 Å². The summed E-state index contributed by atoms with van der Waals surface area (Å²) in [4.78, 5) is 0. The molecule has 1 aliphatic rings. The molecule has 0 aromatic heterocycles. The number of thioether (sulfide) groups is 2. The van der Waals surface area contributed by atoms with Gasteiger partial charge in [0.1, 0.15) is 12.2 Å². The van der Waals surface area contributed by atoms with Crippen molar-refractivity contribution in [2.24, 2.45) is 0 Å². The summed E-state index contributed by atoms with van der Waals surface area (Å²) in [5, 5.41) is 0. The van der Waals surface area contributed by atoms with Gasteiger partial charge in [-0.25, -0.2) is 0 Å². The van der Waals surface area contributed by atoms with Crippen LogP contribution in [0.3, 0.4) is 0 Å². The third-order valence-electron chi connectivity index (χ3n) is 5.27. The molecule has 0 unspecified atom stereocenters. The van der Waals surface area contributed by atoms with Crippen molar-refractivity contribution in [3.05, 3.63) is 108 Å². The largest absolute Gasteiger partial charge is 0.374 e. The van der Waals surface area contributed by atoms with Gasteiger partial charge in [-0.15, -0.1) is 23.5 Å². The monoisotopic (exact) mass is 466 g/mol. The molecule has 0 radical (unpaired) electrons. The lowest BCUT2D eigenvalue weighted by Crippen LogP contribution is -2.41. The van der Waals surface area contributed by atoms with Gasteiger partial charge in [0.25, 0.3) is 0 Å². The first-order chi connectivity index (χ1) is 15.9. The number of hydrogen-bond acceptors (Lipinski definition) is 5. The van der Waals surface area contributed by atoms with E-state index in [-0.39, 0.29) is 12.2 Å². The van der Waals surface area contributed by atoms with E-state index in [1.54, 1.807) is 0 Å². The highest BCUT2D eigenvalue weighted by Gasteiger charge is 2.35. The Morgan fingerprint density at radius 2 is 1.09 bits per heavy atom. The van der Waals surface area contributed by atoms with Gasteiger partial charge in [0.2, 0.25) is 0 Å². The zero-order valence-corrected chi connectivity index (χ0v) is 19.8. The van der Waals surface area contributed by atoms with Gasteiger partial charge < -0.3 is 14.2 Å². The van der Waals surface area contributed by atoms with Crippen molar-refractivity contribution in [3.63, 3.8) is 0 Å². The highest BCUT2D eigenvalue weighted by molar-refractivity contribution is 8.20. The van der Waals surface area contributed by atoms with Crippen LogP contribution in [0.15, 0.2) is 91.0 Å². The molecule has 168 valence electrons. The second-order valence-corrected chi connectivity index (χ2v) is 10.5. The molecule has 0 aliphatic carbocycles. The van der Waals surface area contributed by atoms with E-state index in [1.165, 1.54) is 11.1 Å². The highest BCUT2D eigenvalue weighted by atomic mass is 32.2. The van der Waals surface area contributed by atoms with E-state index in [0.29, 0.717) is 31.0 Å². The topological polar surface area (TPSA) is 27.7 Å². The Kier molecular flexibility index (Phi) is 9.56. The average molecular weight is 467 g/mol. The van der Waals surface area contributed by atoms with Gasteiger partial charge in [0.05, 0.1) is 31.0 Å². The smallest absolute Gasteiger partial charge is 0.109 e. The molecule has 5 heteroatoms. The molecular weight excluding hydrogens is 436 g/mol. The quantitative estimate of drug-likeness (QED) is 0.318. The molecule has 0 saturated carbocycles. The number of hydrogen-bond donors (Lipinski definition) is 0. The molecule has 3 nitrogen and oxygen atoms in total. The van der Waals surface area contributed by atoms with Crippen LogP contribution in [0, 0.1) is 0 Å². The van der Waals surface area contributed by atoms with Crippen molar-refractivity contribution >= 4 is 23.5 Å². The van der Waals surface area contributed by atoms with Gasteiger partial charge in [-0.05, 0) is 16.7 Å². The molecule has 3 aromatic rings. The van der Waals surface area contributed by atoms with Gasteiger partial charge in [-0.3, -0.25) is 0 Å². The molecule has 0 N–H and O–H groups in total. The van der Waals surface area contributed by atoms with Crippen molar-refractivity contribution in [1.82, 2.24) is 0 Å². The van der Waals surface area contributed by atoms with Crippen LogP contribution in [0.4, 0.5) is 0 Å². The SMILES string of the molecule is c1ccc(COC[C@@H](OCc2ccccc2)[C@@H](OCc2ccccc2)C2SCCS2)cc1. The molecule has 0 bridgehead atoms. The fourth-order valence-electron chi connectivity index (χ4n) is 3.58. The first-order valence-electron chi connectivity index (χ1n) is 11.0. The lowest BCUT2D eigenvalue weighted by molar-refractivity contribution is -0.111. The summed E-state index contributed by atoms with van der Waals surface area (Å²) in [6.07, 6.45) is -0.196. The minimum absolute atomic E-state index is 0.0489. The summed E-state index contributed by atoms with van der Waals surface area (Å²) in [5.74, 6) is 2.30. The fraction of sp³-hybridized carbons (Fsp3) is 0.333. The summed E-state index contributed by atoms with van der Waals surface area (Å²) >= 11 is 3.94. The summed E-state index contributed by atoms with van der Waals surface area (Å²) < 4.78 is 19.5. The van der Waals surface area contributed by atoms with Crippen molar-refractivity contribution in [2.75, 3.05) is 18.1 Å². The summed E-state index contributed by atoms with van der Waals surface area (Å²) in [6, 6.07) is 31.0. The average Bonchev–Trinajstić information content (AvgIpc) is 3.39. The maximum Gasteiger partial charge on any atom is 0.109 e. The minimum Gasteiger partial charge on any atom is -0.374 e. The zero-order chi connectivity index (χ0) is 21.8. The summed E-state index contributed by atoms with van der Waals surface area (Å²) in [5.41, 5.74) is 3.51. The van der Waals surface area contributed by atoms with Gasteiger partial charge in [0.15, 0.2) is 0 Å². The second-order valence-electron chi connectivity index (χ2n) is 7.71. The van der Waals surface area contributed by atoms with E-state index >= 15 is 0 Å². The fourth-order valence-corrected chi connectivity index (χ4v) is 6.66. The highest BCUT2D eigenvalue weighted by Crippen LogP contribution is 2.38. The lowest BCUT2D eigenvalue weighted by Gasteiger charge is -2.31. The predicted molar refractivity (Wildman–Crippen MR) is 135 cm³/mol. The van der Waals surface area contributed by atoms with E-state index in [9.17, 15) is 0 Å². The molecule has 1 saturated heterocycles. The van der Waals surface area contributed by atoms with Crippen LogP contribution in [-0.2, 0) is 34.0 Å². The third-order valence-corrected chi connectivity index (χ3v) is 8.42. The Bertz CT molecular complexity index is 887. The van der Waals surface area contributed by atoms with Crippen molar-refractivity contribution in [1.29, 1.82) is 0 Å². The third kappa shape index (κ3) is 7.39. The van der Waals surface area contributed by atoms with Crippen LogP contribution in [-0.4, -0.2) is 34.9 Å². The number of benzene rings is 3. The maximum absolute atomic E-state index is 6.52. The summed E-state index contributed by atoms with van der Waals surface area (Å²) in [7, 11) is 0. The number of rotatable bonds is 12. The Morgan fingerprint density at radius 3 is 1.62 bits per heavy atom. The summed E-state index contributed by atoms with van der Waals surface area (Å²) in [6.45, 7) is 2.20. The van der Waals surface area contributed by atoms with E-state index in [0.717, 1.165) is 17.1 Å². The zero-order valence-electron chi connectivity index (χ0n) is 18.2. The molecule has 4 rings (SSSR count). The van der Waals surface area contributed by atoms with Crippen LogP contribution in [0.2, 0.25) is 0 Å². The molecule has 0 amide bonds. The van der Waals surface area contributed by atoms with Gasteiger partial charge >= 0.3 is 0 Å². The predicted octanol–water partition coefficient (Wildman–Crippen LogP) is 6.18. The Labute approximate surface area is 199 Å². The van der Waals surface area contributed by atoms with Gasteiger partial charge in [-0.1, -0.05) is 91.0 Å². The second kappa shape index (κ2) is 13.1. The van der Waals surface area contributed by atoms with Gasteiger partial charge in [0, 0.05) is 11.5 Å². The van der Waals surface area contributed by atoms with Crippen LogP contribution in [0.1, 0.15) is 16.7 Å². The standard InChI is InChI=1S/C27H30O3S2/c1-4-10-22(11-5-1)18-28-21-25(29-19-23-12-6-2-7-13-23)26(27-31-16-17-32-27)30-20-24-14-8-3-9-15-24/h1-15,25-27H,16-21H2/t25-,26-/m1/s1. The van der Waals surface area contributed by atoms with Crippen LogP contribution < -0.4 is 0 Å². The van der Waals surface area contributed by atoms with Crippen molar-refractivity contribution in [2.45, 2.75) is 36.6 Å². The van der Waals surface area contributed by atoms with Crippen LogP contribution in [0.5, 0.6) is 0 Å². The maximum atomic E-state index is 6.52. The first kappa shape index (κ1) is 23.4. The molecule has 0 spiro atoms. The van der Waals surface area contributed by atoms with Crippen molar-refractivity contribution in [3.8, 4) is 0 Å². The normalized spacial score (nSPS) is 16.1. The van der Waals surface area contributed by atoms with Gasteiger partial charge in [-0.2, -0.15) is 0 Å². The molecule has 3 aromatic carbocycles. The molecule has 32 heavy (non-hydrogen) atoms. The molecule has 1 aliphatic heterocycles.